The standard InChI is InChI=1S/C8H16NO4P/c1-2-7(10)9-4-6-14(13)5-3-8(11)12/h14H,2-6H2,1H3,(H,9,10)(H,11,12). The van der Waals surface area contributed by atoms with E-state index >= 15 is 0 Å². The van der Waals surface area contributed by atoms with Crippen molar-refractivity contribution in [2.45, 2.75) is 19.8 Å². The van der Waals surface area contributed by atoms with Crippen molar-refractivity contribution in [1.82, 2.24) is 5.32 Å². The van der Waals surface area contributed by atoms with E-state index in [0.29, 0.717) is 19.1 Å². The third kappa shape index (κ3) is 7.80. The van der Waals surface area contributed by atoms with Gasteiger partial charge in [0.25, 0.3) is 0 Å². The maximum Gasteiger partial charge on any atom is 0.303 e. The number of carboxylic acids is 1. The van der Waals surface area contributed by atoms with Gasteiger partial charge in [0.15, 0.2) is 0 Å². The summed E-state index contributed by atoms with van der Waals surface area (Å²) in [7, 11) is -1.83. The minimum atomic E-state index is -1.83. The normalized spacial score (nSPS) is 12.1. The Labute approximate surface area is 83.7 Å². The predicted octanol–water partition coefficient (Wildman–Crippen LogP) is 0.547. The molecule has 0 bridgehead atoms. The zero-order valence-electron chi connectivity index (χ0n) is 8.21. The number of hydrogen-bond acceptors (Lipinski definition) is 3. The fourth-order valence-electron chi connectivity index (χ4n) is 0.838. The third-order valence-corrected chi connectivity index (χ3v) is 3.28. The molecule has 6 heteroatoms. The minimum Gasteiger partial charge on any atom is -0.481 e. The lowest BCUT2D eigenvalue weighted by atomic mass is 10.4. The Morgan fingerprint density at radius 2 is 2.00 bits per heavy atom. The zero-order valence-corrected chi connectivity index (χ0v) is 9.21. The monoisotopic (exact) mass is 221 g/mol. The van der Waals surface area contributed by atoms with Gasteiger partial charge in [-0.15, -0.1) is 0 Å². The van der Waals surface area contributed by atoms with Crippen molar-refractivity contribution in [3.63, 3.8) is 0 Å². The van der Waals surface area contributed by atoms with Gasteiger partial charge >= 0.3 is 5.97 Å². The number of rotatable bonds is 7. The molecule has 0 aliphatic rings. The second-order valence-corrected chi connectivity index (χ2v) is 4.96. The van der Waals surface area contributed by atoms with Gasteiger partial charge < -0.3 is 15.0 Å². The van der Waals surface area contributed by atoms with Gasteiger partial charge in [-0.05, 0) is 0 Å². The molecule has 0 radical (unpaired) electrons. The highest BCUT2D eigenvalue weighted by Crippen LogP contribution is 2.19. The molecular formula is C8H16NO4P. The van der Waals surface area contributed by atoms with Crippen molar-refractivity contribution in [2.75, 3.05) is 18.9 Å². The summed E-state index contributed by atoms with van der Waals surface area (Å²) in [4.78, 5) is 20.9. The van der Waals surface area contributed by atoms with Crippen LogP contribution >= 0.6 is 7.80 Å². The minimum absolute atomic E-state index is 0.0560. The van der Waals surface area contributed by atoms with Gasteiger partial charge in [0.1, 0.15) is 0 Å². The van der Waals surface area contributed by atoms with Crippen LogP contribution in [0.4, 0.5) is 0 Å². The Kier molecular flexibility index (Phi) is 7.11. The summed E-state index contributed by atoms with van der Waals surface area (Å²) in [6, 6.07) is 0. The molecule has 0 saturated carbocycles. The molecule has 14 heavy (non-hydrogen) atoms. The molecule has 0 spiro atoms. The number of nitrogens with one attached hydrogen (secondary N) is 1. The van der Waals surface area contributed by atoms with Crippen LogP contribution in [0.1, 0.15) is 19.8 Å². The summed E-state index contributed by atoms with van der Waals surface area (Å²) in [5.41, 5.74) is 0. The first kappa shape index (κ1) is 13.2. The quantitative estimate of drug-likeness (QED) is 0.615. The highest BCUT2D eigenvalue weighted by molar-refractivity contribution is 7.44. The molecule has 2 N–H and O–H groups in total. The SMILES string of the molecule is CCC(=O)NCC[PH](=O)CCC(=O)O. The topological polar surface area (TPSA) is 83.5 Å². The average molecular weight is 221 g/mol. The first-order chi connectivity index (χ1) is 6.56. The van der Waals surface area contributed by atoms with Crippen LogP contribution in [-0.4, -0.2) is 35.9 Å². The molecule has 0 aliphatic heterocycles. The summed E-state index contributed by atoms with van der Waals surface area (Å²) in [5, 5.41) is 10.9. The summed E-state index contributed by atoms with van der Waals surface area (Å²) in [5.74, 6) is -1.00. The molecule has 1 amide bonds. The van der Waals surface area contributed by atoms with Crippen LogP contribution in [-0.2, 0) is 14.2 Å². The van der Waals surface area contributed by atoms with Crippen molar-refractivity contribution in [3.05, 3.63) is 0 Å². The fraction of sp³-hybridized carbons (Fsp3) is 0.750. The highest BCUT2D eigenvalue weighted by atomic mass is 31.1. The van der Waals surface area contributed by atoms with Crippen molar-refractivity contribution < 1.29 is 19.3 Å². The lowest BCUT2D eigenvalue weighted by molar-refractivity contribution is -0.136. The zero-order chi connectivity index (χ0) is 11.0. The molecule has 1 unspecified atom stereocenters. The lowest BCUT2D eigenvalue weighted by Crippen LogP contribution is -2.24. The summed E-state index contributed by atoms with van der Waals surface area (Å²) in [6.45, 7) is 2.12. The smallest absolute Gasteiger partial charge is 0.303 e. The number of carbonyl (C=O) groups excluding carboxylic acids is 1. The number of hydrogen-bond donors (Lipinski definition) is 2. The van der Waals surface area contributed by atoms with E-state index in [1.54, 1.807) is 6.92 Å². The maximum absolute atomic E-state index is 11.2. The van der Waals surface area contributed by atoms with E-state index in [1.807, 2.05) is 0 Å². The molecule has 0 aromatic rings. The first-order valence-corrected chi connectivity index (χ1v) is 6.38. The molecule has 0 aromatic heterocycles. The average Bonchev–Trinajstić information content (AvgIpc) is 2.14. The van der Waals surface area contributed by atoms with Crippen LogP contribution in [0.3, 0.4) is 0 Å². The molecule has 1 atom stereocenters. The van der Waals surface area contributed by atoms with E-state index in [2.05, 4.69) is 5.32 Å². The Morgan fingerprint density at radius 3 is 2.50 bits per heavy atom. The Morgan fingerprint density at radius 1 is 1.36 bits per heavy atom. The van der Waals surface area contributed by atoms with Crippen molar-refractivity contribution >= 4 is 19.7 Å². The van der Waals surface area contributed by atoms with Gasteiger partial charge in [0.2, 0.25) is 5.91 Å². The predicted molar refractivity (Wildman–Crippen MR) is 54.3 cm³/mol. The summed E-state index contributed by atoms with van der Waals surface area (Å²) < 4.78 is 11.2. The van der Waals surface area contributed by atoms with Crippen LogP contribution < -0.4 is 5.32 Å². The van der Waals surface area contributed by atoms with Crippen LogP contribution in [0, 0.1) is 0 Å². The summed E-state index contributed by atoms with van der Waals surface area (Å²) >= 11 is 0. The molecule has 82 valence electrons. The number of amides is 1. The Hall–Kier alpha value is -0.830. The third-order valence-electron chi connectivity index (χ3n) is 1.66. The Bertz CT molecular complexity index is 229. The number of carbonyl (C=O) groups is 2. The van der Waals surface area contributed by atoms with E-state index in [1.165, 1.54) is 0 Å². The van der Waals surface area contributed by atoms with Crippen molar-refractivity contribution in [2.24, 2.45) is 0 Å². The van der Waals surface area contributed by atoms with E-state index in [9.17, 15) is 14.2 Å². The van der Waals surface area contributed by atoms with Crippen LogP contribution in [0.5, 0.6) is 0 Å². The molecule has 0 fully saturated rings. The van der Waals surface area contributed by atoms with Gasteiger partial charge in [-0.2, -0.15) is 0 Å². The van der Waals surface area contributed by atoms with E-state index in [4.69, 9.17) is 5.11 Å². The van der Waals surface area contributed by atoms with E-state index in [0.717, 1.165) is 0 Å². The van der Waals surface area contributed by atoms with Gasteiger partial charge in [-0.3, -0.25) is 9.59 Å². The molecular weight excluding hydrogens is 205 g/mol. The largest absolute Gasteiger partial charge is 0.481 e. The molecule has 0 rings (SSSR count). The fourth-order valence-corrected chi connectivity index (χ4v) is 1.98. The van der Waals surface area contributed by atoms with Crippen molar-refractivity contribution in [1.29, 1.82) is 0 Å². The van der Waals surface area contributed by atoms with Crippen molar-refractivity contribution in [3.8, 4) is 0 Å². The maximum atomic E-state index is 11.2. The van der Waals surface area contributed by atoms with Gasteiger partial charge in [-0.1, -0.05) is 6.92 Å². The van der Waals surface area contributed by atoms with Gasteiger partial charge in [-0.25, -0.2) is 0 Å². The van der Waals surface area contributed by atoms with Gasteiger partial charge in [0, 0.05) is 25.3 Å². The molecule has 0 aromatic carbocycles. The molecule has 0 heterocycles. The lowest BCUT2D eigenvalue weighted by Gasteiger charge is -2.02. The Balaban J connectivity index is 3.45. The molecule has 0 aliphatic carbocycles. The molecule has 5 nitrogen and oxygen atoms in total. The van der Waals surface area contributed by atoms with Crippen LogP contribution in [0.25, 0.3) is 0 Å². The van der Waals surface area contributed by atoms with Gasteiger partial charge in [0.05, 0.1) is 14.2 Å². The van der Waals surface area contributed by atoms with E-state index < -0.39 is 13.8 Å². The number of carboxylic acid groups (broad SMARTS) is 1. The second-order valence-electron chi connectivity index (χ2n) is 2.89. The highest BCUT2D eigenvalue weighted by Gasteiger charge is 2.04. The summed E-state index contributed by atoms with van der Waals surface area (Å²) in [6.07, 6.45) is 0.973. The molecule has 0 saturated heterocycles. The first-order valence-electron chi connectivity index (χ1n) is 4.56. The van der Waals surface area contributed by atoms with Crippen LogP contribution in [0.15, 0.2) is 0 Å². The number of aliphatic carboxylic acids is 1. The second kappa shape index (κ2) is 7.56. The van der Waals surface area contributed by atoms with E-state index in [-0.39, 0.29) is 18.5 Å². The van der Waals surface area contributed by atoms with Crippen LogP contribution in [0.2, 0.25) is 0 Å².